The standard InChI is InChI=1S/C26H39BrFN5O4/c1-13-10-20(14(2)15(3)26(13,5)6)31-25(35)23-22(16(4)34)21(11-30-32-29)37-33(23)12-17-19(28)9-8-18(27)24(17)36-7/h8-9,13-16,20-23,34H,10-12H2,1-7H3,(H,31,35)/t13-,14+,15+,16+,20+,21+,22-,23+/m1/s1. The van der Waals surface area contributed by atoms with Crippen LogP contribution in [0.15, 0.2) is 21.7 Å². The van der Waals surface area contributed by atoms with Gasteiger partial charge in [-0.15, -0.1) is 0 Å². The lowest BCUT2D eigenvalue weighted by Gasteiger charge is -2.50. The van der Waals surface area contributed by atoms with Gasteiger partial charge >= 0.3 is 0 Å². The van der Waals surface area contributed by atoms with Crippen molar-refractivity contribution >= 4 is 21.8 Å². The topological polar surface area (TPSA) is 120 Å². The van der Waals surface area contributed by atoms with E-state index in [4.69, 9.17) is 15.1 Å². The molecule has 11 heteroatoms. The molecule has 0 aromatic heterocycles. The van der Waals surface area contributed by atoms with Crippen LogP contribution in [0, 0.1) is 34.9 Å². The van der Waals surface area contributed by atoms with Crippen LogP contribution in [0.1, 0.15) is 53.5 Å². The van der Waals surface area contributed by atoms with Crippen molar-refractivity contribution in [2.75, 3.05) is 13.7 Å². The Bertz CT molecular complexity index is 1030. The van der Waals surface area contributed by atoms with Gasteiger partial charge in [-0.3, -0.25) is 9.63 Å². The van der Waals surface area contributed by atoms with Crippen LogP contribution in [-0.2, 0) is 16.2 Å². The first kappa shape index (κ1) is 29.6. The van der Waals surface area contributed by atoms with Crippen molar-refractivity contribution in [3.05, 3.63) is 38.4 Å². The highest BCUT2D eigenvalue weighted by Crippen LogP contribution is 2.47. The highest BCUT2D eigenvalue weighted by atomic mass is 79.9. The Balaban J connectivity index is 1.96. The van der Waals surface area contributed by atoms with Gasteiger partial charge in [0.2, 0.25) is 5.91 Å². The SMILES string of the molecule is COc1c(Br)ccc(F)c1CN1O[C@@H](CN=[N+]=[N-])[C@@H]([C@H](C)O)[C@H]1C(=O)N[C@H]1C[C@@H](C)C(C)(C)[C@@H](C)[C@@H]1C. The van der Waals surface area contributed by atoms with Crippen molar-refractivity contribution in [3.63, 3.8) is 0 Å². The first-order chi connectivity index (χ1) is 17.3. The zero-order valence-corrected chi connectivity index (χ0v) is 24.2. The molecular formula is C26H39BrFN5O4. The fourth-order valence-corrected chi connectivity index (χ4v) is 6.46. The number of amides is 1. The lowest BCUT2D eigenvalue weighted by Crippen LogP contribution is -2.56. The van der Waals surface area contributed by atoms with E-state index < -0.39 is 30.0 Å². The number of benzene rings is 1. The number of halogens is 2. The Kier molecular flexibility index (Phi) is 9.51. The number of rotatable bonds is 8. The summed E-state index contributed by atoms with van der Waals surface area (Å²) in [5, 5.41) is 19.0. The van der Waals surface area contributed by atoms with Crippen LogP contribution < -0.4 is 10.1 Å². The molecule has 2 N–H and O–H groups in total. The normalized spacial score (nSPS) is 32.4. The largest absolute Gasteiger partial charge is 0.495 e. The van der Waals surface area contributed by atoms with Crippen molar-refractivity contribution in [1.82, 2.24) is 10.4 Å². The number of carbonyl (C=O) groups excluding carboxylic acids is 1. The first-order valence-electron chi connectivity index (χ1n) is 12.8. The minimum absolute atomic E-state index is 0.0599. The summed E-state index contributed by atoms with van der Waals surface area (Å²) in [6.07, 6.45) is -0.879. The maximum atomic E-state index is 14.9. The van der Waals surface area contributed by atoms with Gasteiger partial charge in [-0.2, -0.15) is 5.06 Å². The Morgan fingerprint density at radius 2 is 2.11 bits per heavy atom. The molecule has 206 valence electrons. The summed E-state index contributed by atoms with van der Waals surface area (Å²) in [4.78, 5) is 22.8. The molecule has 1 aliphatic heterocycles. The third kappa shape index (κ3) is 5.91. The first-order valence-corrected chi connectivity index (χ1v) is 13.6. The second kappa shape index (κ2) is 11.9. The van der Waals surface area contributed by atoms with E-state index in [1.54, 1.807) is 13.0 Å². The molecular weight excluding hydrogens is 545 g/mol. The Morgan fingerprint density at radius 3 is 2.70 bits per heavy atom. The average Bonchev–Trinajstić information content (AvgIpc) is 3.21. The number of hydroxylamine groups is 2. The van der Waals surface area contributed by atoms with Gasteiger partial charge in [0, 0.05) is 22.4 Å². The molecule has 0 spiro atoms. The highest BCUT2D eigenvalue weighted by Gasteiger charge is 2.51. The van der Waals surface area contributed by atoms with Crippen LogP contribution in [0.4, 0.5) is 4.39 Å². The zero-order valence-electron chi connectivity index (χ0n) is 22.6. The third-order valence-corrected chi connectivity index (χ3v) is 9.63. The molecule has 1 saturated carbocycles. The predicted octanol–water partition coefficient (Wildman–Crippen LogP) is 5.21. The molecule has 0 unspecified atom stereocenters. The van der Waals surface area contributed by atoms with Crippen LogP contribution in [0.3, 0.4) is 0 Å². The number of hydrogen-bond acceptors (Lipinski definition) is 6. The summed E-state index contributed by atoms with van der Waals surface area (Å²) < 4.78 is 20.9. The quantitative estimate of drug-likeness (QED) is 0.247. The smallest absolute Gasteiger partial charge is 0.240 e. The summed E-state index contributed by atoms with van der Waals surface area (Å²) in [5.74, 6) is -0.219. The van der Waals surface area contributed by atoms with E-state index in [9.17, 15) is 14.3 Å². The van der Waals surface area contributed by atoms with Gasteiger partial charge in [-0.1, -0.05) is 39.7 Å². The van der Waals surface area contributed by atoms with Crippen LogP contribution in [-0.4, -0.2) is 54.0 Å². The van der Waals surface area contributed by atoms with E-state index in [2.05, 4.69) is 65.9 Å². The molecule has 1 aromatic rings. The molecule has 2 aliphatic rings. The number of aliphatic hydroxyl groups is 1. The minimum Gasteiger partial charge on any atom is -0.495 e. The van der Waals surface area contributed by atoms with Crippen molar-refractivity contribution in [3.8, 4) is 5.75 Å². The molecule has 1 saturated heterocycles. The molecule has 0 bridgehead atoms. The third-order valence-electron chi connectivity index (χ3n) is 9.00. The molecule has 1 heterocycles. The minimum atomic E-state index is -0.950. The second-order valence-electron chi connectivity index (χ2n) is 11.2. The number of nitrogens with one attached hydrogen (secondary N) is 1. The van der Waals surface area contributed by atoms with Gasteiger partial charge in [0.05, 0.1) is 36.9 Å². The maximum absolute atomic E-state index is 14.9. The molecule has 37 heavy (non-hydrogen) atoms. The summed E-state index contributed by atoms with van der Waals surface area (Å²) in [5.41, 5.74) is 9.22. The molecule has 2 fully saturated rings. The van der Waals surface area contributed by atoms with Gasteiger partial charge in [0.1, 0.15) is 17.6 Å². The zero-order chi connectivity index (χ0) is 27.7. The summed E-state index contributed by atoms with van der Waals surface area (Å²) in [6.45, 7) is 12.5. The Morgan fingerprint density at radius 1 is 1.43 bits per heavy atom. The molecule has 1 aliphatic carbocycles. The van der Waals surface area contributed by atoms with Crippen LogP contribution >= 0.6 is 15.9 Å². The number of azide groups is 1. The molecule has 9 nitrogen and oxygen atoms in total. The highest BCUT2D eigenvalue weighted by molar-refractivity contribution is 9.10. The molecule has 0 radical (unpaired) electrons. The van der Waals surface area contributed by atoms with Crippen LogP contribution in [0.25, 0.3) is 10.4 Å². The lowest BCUT2D eigenvalue weighted by molar-refractivity contribution is -0.175. The lowest BCUT2D eigenvalue weighted by atomic mass is 9.58. The van der Waals surface area contributed by atoms with E-state index in [-0.39, 0.29) is 41.9 Å². The van der Waals surface area contributed by atoms with E-state index in [0.29, 0.717) is 22.1 Å². The second-order valence-corrected chi connectivity index (χ2v) is 12.0. The van der Waals surface area contributed by atoms with Gasteiger partial charge in [-0.25, -0.2) is 4.39 Å². The van der Waals surface area contributed by atoms with Gasteiger partial charge in [0.25, 0.3) is 0 Å². The van der Waals surface area contributed by atoms with E-state index in [0.717, 1.165) is 6.42 Å². The average molecular weight is 585 g/mol. The summed E-state index contributed by atoms with van der Waals surface area (Å²) >= 11 is 3.38. The number of carbonyl (C=O) groups is 1. The van der Waals surface area contributed by atoms with E-state index >= 15 is 0 Å². The molecule has 1 aromatic carbocycles. The van der Waals surface area contributed by atoms with Crippen LogP contribution in [0.2, 0.25) is 0 Å². The van der Waals surface area contributed by atoms with Crippen molar-refractivity contribution < 1.29 is 23.9 Å². The Hall–Kier alpha value is -1.91. The molecule has 3 rings (SSSR count). The predicted molar refractivity (Wildman–Crippen MR) is 142 cm³/mol. The Labute approximate surface area is 226 Å². The van der Waals surface area contributed by atoms with Crippen molar-refractivity contribution in [2.24, 2.45) is 34.2 Å². The molecule has 1 amide bonds. The van der Waals surface area contributed by atoms with Gasteiger partial charge in [-0.05, 0) is 70.1 Å². The number of nitrogens with zero attached hydrogens (tertiary/aromatic N) is 4. The summed E-state index contributed by atoms with van der Waals surface area (Å²) in [7, 11) is 1.44. The van der Waals surface area contributed by atoms with Crippen molar-refractivity contribution in [2.45, 2.75) is 78.8 Å². The number of ether oxygens (including phenoxy) is 1. The van der Waals surface area contributed by atoms with Crippen LogP contribution in [0.5, 0.6) is 5.75 Å². The number of methoxy groups -OCH3 is 1. The maximum Gasteiger partial charge on any atom is 0.240 e. The van der Waals surface area contributed by atoms with Gasteiger partial charge < -0.3 is 15.2 Å². The van der Waals surface area contributed by atoms with Gasteiger partial charge in [0.15, 0.2) is 0 Å². The van der Waals surface area contributed by atoms with E-state index in [1.165, 1.54) is 18.2 Å². The number of hydrogen-bond donors (Lipinski definition) is 2. The van der Waals surface area contributed by atoms with Crippen molar-refractivity contribution in [1.29, 1.82) is 0 Å². The number of aliphatic hydroxyl groups excluding tert-OH is 1. The van der Waals surface area contributed by atoms with E-state index in [1.807, 2.05) is 0 Å². The molecule has 8 atom stereocenters. The fraction of sp³-hybridized carbons (Fsp3) is 0.731. The fourth-order valence-electron chi connectivity index (χ4n) is 5.92. The monoisotopic (exact) mass is 583 g/mol. The summed E-state index contributed by atoms with van der Waals surface area (Å²) in [6, 6.07) is 1.86.